The summed E-state index contributed by atoms with van der Waals surface area (Å²) in [4.78, 5) is 27.4. The van der Waals surface area contributed by atoms with Crippen LogP contribution in [0.2, 0.25) is 0 Å². The normalized spacial score (nSPS) is 10.2. The lowest BCUT2D eigenvalue weighted by molar-refractivity contribution is 0.102. The molecule has 0 aromatic carbocycles. The first-order chi connectivity index (χ1) is 10.1. The summed E-state index contributed by atoms with van der Waals surface area (Å²) in [6, 6.07) is 6.12. The largest absolute Gasteiger partial charge is 0.370 e. The molecule has 0 radical (unpaired) electrons. The van der Waals surface area contributed by atoms with Crippen molar-refractivity contribution in [2.24, 2.45) is 0 Å². The standard InChI is InChI=1S/C14H17N5O2/c1-3-6-15-12-8-10(7-9(2)16-12)14(21)17-11-4-5-13(20)19-18-11/h4-5,7-8H,3,6H2,1-2H3,(H,15,16)(H,19,20)(H,17,18,21). The summed E-state index contributed by atoms with van der Waals surface area (Å²) in [5.74, 6) is 0.646. The first kappa shape index (κ1) is 14.7. The van der Waals surface area contributed by atoms with Gasteiger partial charge in [0.1, 0.15) is 5.82 Å². The van der Waals surface area contributed by atoms with Gasteiger partial charge >= 0.3 is 0 Å². The smallest absolute Gasteiger partial charge is 0.264 e. The van der Waals surface area contributed by atoms with Crippen LogP contribution in [0.3, 0.4) is 0 Å². The number of aromatic nitrogens is 3. The minimum Gasteiger partial charge on any atom is -0.370 e. The van der Waals surface area contributed by atoms with Crippen molar-refractivity contribution in [1.82, 2.24) is 15.2 Å². The van der Waals surface area contributed by atoms with E-state index in [1.54, 1.807) is 12.1 Å². The van der Waals surface area contributed by atoms with E-state index in [0.29, 0.717) is 11.4 Å². The molecule has 0 fully saturated rings. The Morgan fingerprint density at radius 3 is 2.76 bits per heavy atom. The Hall–Kier alpha value is -2.70. The highest BCUT2D eigenvalue weighted by Crippen LogP contribution is 2.12. The Morgan fingerprint density at radius 1 is 1.29 bits per heavy atom. The second-order valence-corrected chi connectivity index (χ2v) is 4.57. The van der Waals surface area contributed by atoms with E-state index >= 15 is 0 Å². The third-order valence-electron chi connectivity index (χ3n) is 2.69. The van der Waals surface area contributed by atoms with E-state index in [0.717, 1.165) is 18.7 Å². The molecule has 21 heavy (non-hydrogen) atoms. The SMILES string of the molecule is CCCNc1cc(C(=O)Nc2ccc(=O)[nH]n2)cc(C)n1. The third-order valence-corrected chi connectivity index (χ3v) is 2.69. The first-order valence-electron chi connectivity index (χ1n) is 6.68. The molecule has 0 aliphatic heterocycles. The van der Waals surface area contributed by atoms with Gasteiger partial charge in [-0.15, -0.1) is 0 Å². The summed E-state index contributed by atoms with van der Waals surface area (Å²) in [7, 11) is 0. The first-order valence-corrected chi connectivity index (χ1v) is 6.68. The van der Waals surface area contributed by atoms with Crippen molar-refractivity contribution in [2.45, 2.75) is 20.3 Å². The maximum atomic E-state index is 12.2. The predicted octanol–water partition coefficient (Wildman–Crippen LogP) is 1.55. The number of aryl methyl sites for hydroxylation is 1. The Bertz CT molecular complexity index is 676. The van der Waals surface area contributed by atoms with Crippen molar-refractivity contribution in [3.05, 3.63) is 45.9 Å². The molecule has 0 saturated carbocycles. The monoisotopic (exact) mass is 287 g/mol. The zero-order valence-corrected chi connectivity index (χ0v) is 11.9. The zero-order valence-electron chi connectivity index (χ0n) is 11.9. The van der Waals surface area contributed by atoms with Gasteiger partial charge in [0.25, 0.3) is 11.5 Å². The number of H-pyrrole nitrogens is 1. The molecule has 0 aliphatic rings. The van der Waals surface area contributed by atoms with E-state index in [4.69, 9.17) is 0 Å². The minimum atomic E-state index is -0.321. The number of amides is 1. The molecule has 0 saturated heterocycles. The van der Waals surface area contributed by atoms with E-state index in [1.165, 1.54) is 12.1 Å². The fourth-order valence-corrected chi connectivity index (χ4v) is 1.75. The van der Waals surface area contributed by atoms with Gasteiger partial charge in [-0.1, -0.05) is 6.92 Å². The van der Waals surface area contributed by atoms with E-state index < -0.39 is 0 Å². The van der Waals surface area contributed by atoms with Crippen LogP contribution < -0.4 is 16.2 Å². The number of rotatable bonds is 5. The van der Waals surface area contributed by atoms with Crippen LogP contribution in [0, 0.1) is 6.92 Å². The average Bonchev–Trinajstić information content (AvgIpc) is 2.47. The fourth-order valence-electron chi connectivity index (χ4n) is 1.75. The molecule has 1 amide bonds. The number of carbonyl (C=O) groups is 1. The molecule has 7 heteroatoms. The predicted molar refractivity (Wildman–Crippen MR) is 80.6 cm³/mol. The maximum absolute atomic E-state index is 12.2. The molecule has 0 spiro atoms. The van der Waals surface area contributed by atoms with Gasteiger partial charge in [0.05, 0.1) is 0 Å². The van der Waals surface area contributed by atoms with Crippen molar-refractivity contribution < 1.29 is 4.79 Å². The van der Waals surface area contributed by atoms with Gasteiger partial charge in [-0.25, -0.2) is 10.1 Å². The van der Waals surface area contributed by atoms with Crippen molar-refractivity contribution >= 4 is 17.5 Å². The van der Waals surface area contributed by atoms with Crippen LogP contribution >= 0.6 is 0 Å². The maximum Gasteiger partial charge on any atom is 0.264 e. The summed E-state index contributed by atoms with van der Waals surface area (Å²) in [5, 5.41) is 11.8. The topological polar surface area (TPSA) is 99.8 Å². The van der Waals surface area contributed by atoms with Crippen molar-refractivity contribution in [2.75, 3.05) is 17.2 Å². The number of nitrogens with zero attached hydrogens (tertiary/aromatic N) is 2. The number of pyridine rings is 1. The number of aromatic amines is 1. The van der Waals surface area contributed by atoms with Gasteiger partial charge in [-0.05, 0) is 31.5 Å². The molecular weight excluding hydrogens is 270 g/mol. The van der Waals surface area contributed by atoms with E-state index in [-0.39, 0.29) is 17.3 Å². The van der Waals surface area contributed by atoms with Crippen LogP contribution in [0.5, 0.6) is 0 Å². The summed E-state index contributed by atoms with van der Waals surface area (Å²) in [6.07, 6.45) is 0.971. The molecule has 7 nitrogen and oxygen atoms in total. The lowest BCUT2D eigenvalue weighted by Gasteiger charge is -2.08. The zero-order chi connectivity index (χ0) is 15.2. The number of nitrogens with one attached hydrogen (secondary N) is 3. The van der Waals surface area contributed by atoms with E-state index in [1.807, 2.05) is 6.92 Å². The second kappa shape index (κ2) is 6.65. The van der Waals surface area contributed by atoms with Crippen LogP contribution in [0.25, 0.3) is 0 Å². The van der Waals surface area contributed by atoms with Crippen molar-refractivity contribution in [3.63, 3.8) is 0 Å². The van der Waals surface area contributed by atoms with Crippen LogP contribution in [0.1, 0.15) is 29.4 Å². The van der Waals surface area contributed by atoms with Crippen LogP contribution in [0.4, 0.5) is 11.6 Å². The molecule has 0 aliphatic carbocycles. The molecule has 3 N–H and O–H groups in total. The van der Waals surface area contributed by atoms with Gasteiger partial charge in [0, 0.05) is 23.9 Å². The highest BCUT2D eigenvalue weighted by atomic mass is 16.2. The number of carbonyl (C=O) groups excluding carboxylic acids is 1. The van der Waals surface area contributed by atoms with Crippen LogP contribution in [-0.4, -0.2) is 27.6 Å². The highest BCUT2D eigenvalue weighted by Gasteiger charge is 2.09. The average molecular weight is 287 g/mol. The van der Waals surface area contributed by atoms with Crippen molar-refractivity contribution in [1.29, 1.82) is 0 Å². The number of hydrogen-bond donors (Lipinski definition) is 3. The molecule has 0 bridgehead atoms. The van der Waals surface area contributed by atoms with E-state index in [2.05, 4.69) is 32.7 Å². The third kappa shape index (κ3) is 4.13. The van der Waals surface area contributed by atoms with Gasteiger partial charge in [0.2, 0.25) is 0 Å². The Kier molecular flexibility index (Phi) is 4.65. The molecule has 2 aromatic rings. The molecule has 2 aromatic heterocycles. The second-order valence-electron chi connectivity index (χ2n) is 4.57. The number of hydrogen-bond acceptors (Lipinski definition) is 5. The molecule has 110 valence electrons. The fraction of sp³-hybridized carbons (Fsp3) is 0.286. The molecule has 2 heterocycles. The van der Waals surface area contributed by atoms with Gasteiger partial charge < -0.3 is 10.6 Å². The summed E-state index contributed by atoms with van der Waals surface area (Å²) in [5.41, 5.74) is 0.906. The molecule has 2 rings (SSSR count). The summed E-state index contributed by atoms with van der Waals surface area (Å²) >= 11 is 0. The Balaban J connectivity index is 2.16. The van der Waals surface area contributed by atoms with E-state index in [9.17, 15) is 9.59 Å². The summed E-state index contributed by atoms with van der Waals surface area (Å²) in [6.45, 7) is 4.67. The number of anilines is 2. The van der Waals surface area contributed by atoms with Crippen molar-refractivity contribution in [3.8, 4) is 0 Å². The van der Waals surface area contributed by atoms with Gasteiger partial charge in [-0.3, -0.25) is 9.59 Å². The lowest BCUT2D eigenvalue weighted by atomic mass is 10.2. The van der Waals surface area contributed by atoms with Gasteiger partial charge in [0.15, 0.2) is 5.82 Å². The summed E-state index contributed by atoms with van der Waals surface area (Å²) < 4.78 is 0. The molecule has 0 unspecified atom stereocenters. The minimum absolute atomic E-state index is 0.289. The lowest BCUT2D eigenvalue weighted by Crippen LogP contribution is -2.16. The molecular formula is C14H17N5O2. The van der Waals surface area contributed by atoms with Gasteiger partial charge in [-0.2, -0.15) is 5.10 Å². The highest BCUT2D eigenvalue weighted by molar-refractivity contribution is 6.04. The van der Waals surface area contributed by atoms with Crippen LogP contribution in [0.15, 0.2) is 29.1 Å². The quantitative estimate of drug-likeness (QED) is 0.774. The Morgan fingerprint density at radius 2 is 2.10 bits per heavy atom. The molecule has 0 atom stereocenters. The van der Waals surface area contributed by atoms with Crippen LogP contribution in [-0.2, 0) is 0 Å². The Labute approximate surface area is 121 Å².